The Morgan fingerprint density at radius 3 is 2.21 bits per heavy atom. The van der Waals surface area contributed by atoms with Crippen molar-refractivity contribution in [1.29, 1.82) is 0 Å². The highest BCUT2D eigenvalue weighted by Gasteiger charge is 2.42. The number of benzene rings is 1. The van der Waals surface area contributed by atoms with Crippen LogP contribution in [0.25, 0.3) is 0 Å². The summed E-state index contributed by atoms with van der Waals surface area (Å²) in [4.78, 5) is 25.2. The third kappa shape index (κ3) is 3.49. The van der Waals surface area contributed by atoms with E-state index < -0.39 is 5.41 Å². The summed E-state index contributed by atoms with van der Waals surface area (Å²) in [5.41, 5.74) is 0.902. The number of amides is 2. The number of hydrogen-bond acceptors (Lipinski definition) is 4. The van der Waals surface area contributed by atoms with Gasteiger partial charge in [0.15, 0.2) is 0 Å². The number of nitrogens with one attached hydrogen (secondary N) is 2. The zero-order valence-electron chi connectivity index (χ0n) is 13.5. The van der Waals surface area contributed by atoms with Gasteiger partial charge in [0.1, 0.15) is 0 Å². The minimum atomic E-state index is -0.525. The summed E-state index contributed by atoms with van der Waals surface area (Å²) in [5, 5.41) is 7.73. The van der Waals surface area contributed by atoms with Gasteiger partial charge in [-0.25, -0.2) is 0 Å². The van der Waals surface area contributed by atoms with E-state index in [4.69, 9.17) is 4.74 Å². The van der Waals surface area contributed by atoms with Crippen LogP contribution in [0, 0.1) is 0 Å². The molecule has 6 heteroatoms. The van der Waals surface area contributed by atoms with Crippen molar-refractivity contribution >= 4 is 34.5 Å². The smallest absolute Gasteiger partial charge is 0.236 e. The molecule has 0 saturated carbocycles. The number of carbonyl (C=O) groups is 2. The third-order valence-corrected chi connectivity index (χ3v) is 5.31. The average Bonchev–Trinajstić information content (AvgIpc) is 3.12. The molecule has 126 valence electrons. The minimum Gasteiger partial charge on any atom is -0.381 e. The zero-order valence-corrected chi connectivity index (χ0v) is 14.3. The maximum Gasteiger partial charge on any atom is 0.236 e. The van der Waals surface area contributed by atoms with E-state index >= 15 is 0 Å². The van der Waals surface area contributed by atoms with E-state index in [1.54, 1.807) is 35.6 Å². The Hall–Kier alpha value is -2.18. The zero-order chi connectivity index (χ0) is 17.0. The second kappa shape index (κ2) is 7.15. The topological polar surface area (TPSA) is 67.4 Å². The first-order valence-electron chi connectivity index (χ1n) is 7.91. The van der Waals surface area contributed by atoms with Crippen LogP contribution in [-0.4, -0.2) is 25.0 Å². The summed E-state index contributed by atoms with van der Waals surface area (Å²) >= 11 is 1.61. The highest BCUT2D eigenvalue weighted by molar-refractivity contribution is 7.10. The van der Waals surface area contributed by atoms with E-state index in [0.717, 1.165) is 10.6 Å². The summed E-state index contributed by atoms with van der Waals surface area (Å²) in [6, 6.07) is 11.1. The number of rotatable bonds is 4. The molecule has 5 nitrogen and oxygen atoms in total. The summed E-state index contributed by atoms with van der Waals surface area (Å²) in [5.74, 6) is -0.119. The first-order valence-corrected chi connectivity index (χ1v) is 8.79. The van der Waals surface area contributed by atoms with Crippen LogP contribution < -0.4 is 10.6 Å². The van der Waals surface area contributed by atoms with E-state index in [9.17, 15) is 9.59 Å². The SMILES string of the molecule is CC(=O)Nc1ccc(NC(=O)C2(c3cccs3)CCOCC2)cc1. The predicted molar refractivity (Wildman–Crippen MR) is 95.4 cm³/mol. The molecule has 0 aliphatic carbocycles. The molecule has 0 atom stereocenters. The van der Waals surface area contributed by atoms with Crippen molar-refractivity contribution in [1.82, 2.24) is 0 Å². The molecule has 1 aromatic heterocycles. The molecule has 24 heavy (non-hydrogen) atoms. The van der Waals surface area contributed by atoms with Gasteiger partial charge in [-0.15, -0.1) is 11.3 Å². The third-order valence-electron chi connectivity index (χ3n) is 4.24. The van der Waals surface area contributed by atoms with E-state index in [-0.39, 0.29) is 11.8 Å². The molecular weight excluding hydrogens is 324 g/mol. The van der Waals surface area contributed by atoms with Crippen molar-refractivity contribution < 1.29 is 14.3 Å². The number of thiophene rings is 1. The van der Waals surface area contributed by atoms with Crippen molar-refractivity contribution in [3.8, 4) is 0 Å². The summed E-state index contributed by atoms with van der Waals surface area (Å²) in [6.45, 7) is 2.64. The van der Waals surface area contributed by atoms with Crippen molar-refractivity contribution in [3.05, 3.63) is 46.7 Å². The van der Waals surface area contributed by atoms with Crippen LogP contribution in [0.3, 0.4) is 0 Å². The largest absolute Gasteiger partial charge is 0.381 e. The van der Waals surface area contributed by atoms with Gasteiger partial charge in [0.2, 0.25) is 11.8 Å². The maximum absolute atomic E-state index is 13.0. The van der Waals surface area contributed by atoms with Gasteiger partial charge in [-0.3, -0.25) is 9.59 Å². The molecule has 1 aliphatic heterocycles. The lowest BCUT2D eigenvalue weighted by Crippen LogP contribution is -2.44. The van der Waals surface area contributed by atoms with Crippen molar-refractivity contribution in [2.24, 2.45) is 0 Å². The van der Waals surface area contributed by atoms with E-state index in [1.165, 1.54) is 6.92 Å². The van der Waals surface area contributed by atoms with Crippen molar-refractivity contribution in [2.45, 2.75) is 25.2 Å². The van der Waals surface area contributed by atoms with Crippen LogP contribution in [0.5, 0.6) is 0 Å². The molecule has 1 aliphatic rings. The van der Waals surface area contributed by atoms with Crippen LogP contribution in [-0.2, 0) is 19.7 Å². The summed E-state index contributed by atoms with van der Waals surface area (Å²) < 4.78 is 5.46. The second-order valence-corrected chi connectivity index (χ2v) is 6.83. The molecule has 2 aromatic rings. The average molecular weight is 344 g/mol. The minimum absolute atomic E-state index is 0.000488. The normalized spacial score (nSPS) is 16.4. The number of hydrogen-bond donors (Lipinski definition) is 2. The van der Waals surface area contributed by atoms with Crippen LogP contribution in [0.1, 0.15) is 24.6 Å². The van der Waals surface area contributed by atoms with Gasteiger partial charge in [0.25, 0.3) is 0 Å². The van der Waals surface area contributed by atoms with Gasteiger partial charge in [0, 0.05) is 36.4 Å². The standard InChI is InChI=1S/C18H20N2O3S/c1-13(21)19-14-4-6-15(7-5-14)20-17(22)18(8-10-23-11-9-18)16-3-2-12-24-16/h2-7,12H,8-11H2,1H3,(H,19,21)(H,20,22). The Kier molecular flexibility index (Phi) is 4.97. The highest BCUT2D eigenvalue weighted by atomic mass is 32.1. The van der Waals surface area contributed by atoms with Gasteiger partial charge in [-0.2, -0.15) is 0 Å². The Labute approximate surface area is 145 Å². The quantitative estimate of drug-likeness (QED) is 0.893. The first-order chi connectivity index (χ1) is 11.6. The Bertz CT molecular complexity index is 704. The van der Waals surface area contributed by atoms with Gasteiger partial charge in [0.05, 0.1) is 5.41 Å². The van der Waals surface area contributed by atoms with Crippen LogP contribution >= 0.6 is 11.3 Å². The van der Waals surface area contributed by atoms with E-state index in [0.29, 0.717) is 31.7 Å². The molecule has 1 saturated heterocycles. The van der Waals surface area contributed by atoms with E-state index in [1.807, 2.05) is 17.5 Å². The number of ether oxygens (including phenoxy) is 1. The molecule has 2 N–H and O–H groups in total. The lowest BCUT2D eigenvalue weighted by molar-refractivity contribution is -0.125. The van der Waals surface area contributed by atoms with Gasteiger partial charge < -0.3 is 15.4 Å². The van der Waals surface area contributed by atoms with Crippen molar-refractivity contribution in [3.63, 3.8) is 0 Å². The Balaban J connectivity index is 1.77. The second-order valence-electron chi connectivity index (χ2n) is 5.88. The molecular formula is C18H20N2O3S. The Morgan fingerprint density at radius 1 is 1.04 bits per heavy atom. The lowest BCUT2D eigenvalue weighted by Gasteiger charge is -2.35. The van der Waals surface area contributed by atoms with Crippen LogP contribution in [0.2, 0.25) is 0 Å². The molecule has 0 spiro atoms. The van der Waals surface area contributed by atoms with E-state index in [2.05, 4.69) is 10.6 Å². The van der Waals surface area contributed by atoms with Crippen molar-refractivity contribution in [2.75, 3.05) is 23.8 Å². The molecule has 0 radical (unpaired) electrons. The fourth-order valence-corrected chi connectivity index (χ4v) is 3.93. The summed E-state index contributed by atoms with van der Waals surface area (Å²) in [7, 11) is 0. The Morgan fingerprint density at radius 2 is 1.67 bits per heavy atom. The van der Waals surface area contributed by atoms with Gasteiger partial charge in [-0.05, 0) is 48.6 Å². The molecule has 3 rings (SSSR count). The summed E-state index contributed by atoms with van der Waals surface area (Å²) in [6.07, 6.45) is 1.37. The molecule has 0 bridgehead atoms. The molecule has 0 unspecified atom stereocenters. The van der Waals surface area contributed by atoms with Crippen LogP contribution in [0.4, 0.5) is 11.4 Å². The molecule has 2 amide bonds. The van der Waals surface area contributed by atoms with Crippen LogP contribution in [0.15, 0.2) is 41.8 Å². The first kappa shape index (κ1) is 16.7. The monoisotopic (exact) mass is 344 g/mol. The number of anilines is 2. The predicted octanol–water partition coefficient (Wildman–Crippen LogP) is 3.39. The van der Waals surface area contributed by atoms with Gasteiger partial charge >= 0.3 is 0 Å². The van der Waals surface area contributed by atoms with Gasteiger partial charge in [-0.1, -0.05) is 6.07 Å². The molecule has 2 heterocycles. The maximum atomic E-state index is 13.0. The fraction of sp³-hybridized carbons (Fsp3) is 0.333. The fourth-order valence-electron chi connectivity index (χ4n) is 2.95. The molecule has 1 fully saturated rings. The number of carbonyl (C=O) groups excluding carboxylic acids is 2. The molecule has 1 aromatic carbocycles. The highest BCUT2D eigenvalue weighted by Crippen LogP contribution is 2.38. The lowest BCUT2D eigenvalue weighted by atomic mass is 9.78.